The summed E-state index contributed by atoms with van der Waals surface area (Å²) < 4.78 is 47.0. The Balaban J connectivity index is 1.75. The lowest BCUT2D eigenvalue weighted by atomic mass is 9.75. The first-order chi connectivity index (χ1) is 17.7. The minimum Gasteiger partial charge on any atom is -0.497 e. The van der Waals surface area contributed by atoms with E-state index in [2.05, 4.69) is 15.4 Å². The molecule has 4 rings (SSSR count). The molecule has 0 saturated carbocycles. The van der Waals surface area contributed by atoms with Crippen LogP contribution in [0.5, 0.6) is 5.75 Å². The first-order valence-corrected chi connectivity index (χ1v) is 11.9. The van der Waals surface area contributed by atoms with Gasteiger partial charge in [-0.25, -0.2) is 5.43 Å². The topological polar surface area (TPSA) is 53.9 Å². The third-order valence-corrected chi connectivity index (χ3v) is 6.64. The summed E-state index contributed by atoms with van der Waals surface area (Å²) in [7, 11) is 1.56. The van der Waals surface area contributed by atoms with Crippen molar-refractivity contribution in [3.8, 4) is 5.75 Å². The van der Waals surface area contributed by atoms with Crippen LogP contribution in [-0.4, -0.2) is 25.8 Å². The number of likely N-dealkylation sites (N-methyl/N-ethyl adjacent to an activating group) is 1. The summed E-state index contributed by atoms with van der Waals surface area (Å²) in [4.78, 5) is 14.4. The molecular weight excluding hydrogens is 479 g/mol. The lowest BCUT2D eigenvalue weighted by Gasteiger charge is -2.31. The van der Waals surface area contributed by atoms with Crippen molar-refractivity contribution >= 4 is 17.8 Å². The second-order valence-electron chi connectivity index (χ2n) is 8.93. The lowest BCUT2D eigenvalue weighted by molar-refractivity contribution is -0.138. The molecule has 37 heavy (non-hydrogen) atoms. The number of carbonyl (C=O) groups is 1. The molecule has 3 aromatic carbocycles. The fourth-order valence-corrected chi connectivity index (χ4v) is 4.88. The highest BCUT2D eigenvalue weighted by atomic mass is 19.4. The van der Waals surface area contributed by atoms with Crippen molar-refractivity contribution in [3.63, 3.8) is 0 Å². The van der Waals surface area contributed by atoms with E-state index < -0.39 is 17.2 Å². The number of hydrogen-bond donors (Lipinski definition) is 1. The van der Waals surface area contributed by atoms with Crippen LogP contribution in [0.4, 0.5) is 18.9 Å². The smallest absolute Gasteiger partial charge is 0.416 e. The average Bonchev–Trinajstić information content (AvgIpc) is 3.12. The number of halogens is 3. The molecule has 0 spiro atoms. The first kappa shape index (κ1) is 26.0. The van der Waals surface area contributed by atoms with Crippen molar-refractivity contribution in [3.05, 3.63) is 107 Å². The number of alkyl halides is 3. The van der Waals surface area contributed by atoms with E-state index in [0.717, 1.165) is 23.0 Å². The molecule has 1 atom stereocenters. The summed E-state index contributed by atoms with van der Waals surface area (Å²) in [6, 6.07) is 20.0. The van der Waals surface area contributed by atoms with Crippen LogP contribution in [-0.2, 0) is 18.0 Å². The van der Waals surface area contributed by atoms with Crippen LogP contribution >= 0.6 is 0 Å². The van der Waals surface area contributed by atoms with Gasteiger partial charge in [0.2, 0.25) is 0 Å². The minimum atomic E-state index is -4.47. The molecule has 192 valence electrons. The maximum atomic E-state index is 13.9. The molecule has 8 heteroatoms. The average molecular weight is 508 g/mol. The highest BCUT2D eigenvalue weighted by molar-refractivity contribution is 5.94. The maximum absolute atomic E-state index is 13.9. The van der Waals surface area contributed by atoms with Gasteiger partial charge in [0.1, 0.15) is 5.75 Å². The largest absolute Gasteiger partial charge is 0.497 e. The molecule has 1 N–H and O–H groups in total. The Labute approximate surface area is 214 Å². The van der Waals surface area contributed by atoms with Gasteiger partial charge in [-0.1, -0.05) is 36.4 Å². The van der Waals surface area contributed by atoms with Crippen LogP contribution in [0.25, 0.3) is 0 Å². The Morgan fingerprint density at radius 2 is 1.78 bits per heavy atom. The summed E-state index contributed by atoms with van der Waals surface area (Å²) in [5.74, 6) is 0.263. The third-order valence-electron chi connectivity index (χ3n) is 6.64. The quantitative estimate of drug-likeness (QED) is 0.299. The molecule has 5 nitrogen and oxygen atoms in total. The van der Waals surface area contributed by atoms with E-state index in [-0.39, 0.29) is 17.9 Å². The molecule has 1 heterocycles. The lowest BCUT2D eigenvalue weighted by Crippen LogP contribution is -2.31. The summed E-state index contributed by atoms with van der Waals surface area (Å²) in [6.45, 7) is 4.49. The molecule has 0 aromatic heterocycles. The van der Waals surface area contributed by atoms with Gasteiger partial charge in [-0.3, -0.25) is 4.79 Å². The Morgan fingerprint density at radius 1 is 1.08 bits per heavy atom. The highest BCUT2D eigenvalue weighted by Crippen LogP contribution is 2.51. The normalized spacial score (nSPS) is 18.3. The Morgan fingerprint density at radius 3 is 2.46 bits per heavy atom. The van der Waals surface area contributed by atoms with Gasteiger partial charge in [0.15, 0.2) is 0 Å². The van der Waals surface area contributed by atoms with Gasteiger partial charge in [0, 0.05) is 35.1 Å². The second kappa shape index (κ2) is 10.5. The minimum absolute atomic E-state index is 0.107. The summed E-state index contributed by atoms with van der Waals surface area (Å²) in [5, 5.41) is 4.07. The van der Waals surface area contributed by atoms with E-state index >= 15 is 0 Å². The van der Waals surface area contributed by atoms with Crippen molar-refractivity contribution in [2.24, 2.45) is 5.10 Å². The summed E-state index contributed by atoms with van der Waals surface area (Å²) >= 11 is 0. The SMILES string of the molecule is CCN1/C(=C\C=N\NC(=O)c2ccccc2)C(C)(Cc2ccccc2C(F)(F)F)c2cc(OC)ccc21. The number of allylic oxidation sites excluding steroid dienone is 2. The molecule has 1 aliphatic heterocycles. The van der Waals surface area contributed by atoms with E-state index in [0.29, 0.717) is 17.9 Å². The van der Waals surface area contributed by atoms with Gasteiger partial charge in [-0.2, -0.15) is 18.3 Å². The molecular formula is C29H28F3N3O2. The number of fused-ring (bicyclic) bond motifs is 1. The van der Waals surface area contributed by atoms with Gasteiger partial charge in [0.25, 0.3) is 5.91 Å². The predicted octanol–water partition coefficient (Wildman–Crippen LogP) is 6.35. The predicted molar refractivity (Wildman–Crippen MR) is 139 cm³/mol. The summed E-state index contributed by atoms with van der Waals surface area (Å²) in [5.41, 5.74) is 4.21. The number of methoxy groups -OCH3 is 1. The second-order valence-corrected chi connectivity index (χ2v) is 8.93. The van der Waals surface area contributed by atoms with E-state index in [1.807, 2.05) is 38.1 Å². The number of anilines is 1. The molecule has 1 amide bonds. The van der Waals surface area contributed by atoms with Crippen LogP contribution in [0.15, 0.2) is 89.7 Å². The molecule has 0 aliphatic carbocycles. The molecule has 0 saturated heterocycles. The Kier molecular flexibility index (Phi) is 7.38. The third kappa shape index (κ3) is 5.23. The van der Waals surface area contributed by atoms with Crippen LogP contribution in [0.3, 0.4) is 0 Å². The van der Waals surface area contributed by atoms with Crippen LogP contribution in [0.1, 0.15) is 40.9 Å². The number of rotatable bonds is 7. The van der Waals surface area contributed by atoms with Crippen LogP contribution in [0, 0.1) is 0 Å². The number of hydrogen-bond acceptors (Lipinski definition) is 4. The standard InChI is InChI=1S/C29H28F3N3O2/c1-4-35-25-15-14-22(37-3)18-24(25)28(2,19-21-12-8-9-13-23(21)29(30,31)32)26(35)16-17-33-34-27(36)20-10-6-5-7-11-20/h5-18H,4,19H2,1-3H3,(H,34,36)/b26-16-,33-17+. The van der Waals surface area contributed by atoms with Crippen LogP contribution < -0.4 is 15.1 Å². The van der Waals surface area contributed by atoms with E-state index in [1.165, 1.54) is 18.3 Å². The highest BCUT2D eigenvalue weighted by Gasteiger charge is 2.45. The molecule has 1 aliphatic rings. The van der Waals surface area contributed by atoms with Gasteiger partial charge >= 0.3 is 6.18 Å². The number of ether oxygens (including phenoxy) is 1. The van der Waals surface area contributed by atoms with E-state index in [9.17, 15) is 18.0 Å². The fraction of sp³-hybridized carbons (Fsp3) is 0.241. The zero-order chi connectivity index (χ0) is 26.6. The molecule has 0 fully saturated rings. The van der Waals surface area contributed by atoms with Gasteiger partial charge in [-0.05, 0) is 73.9 Å². The number of nitrogens with zero attached hydrogens (tertiary/aromatic N) is 2. The van der Waals surface area contributed by atoms with E-state index in [4.69, 9.17) is 4.74 Å². The zero-order valence-electron chi connectivity index (χ0n) is 20.8. The Hall–Kier alpha value is -4.07. The van der Waals surface area contributed by atoms with Crippen LogP contribution in [0.2, 0.25) is 0 Å². The fourth-order valence-electron chi connectivity index (χ4n) is 4.88. The number of carbonyl (C=O) groups excluding carboxylic acids is 1. The maximum Gasteiger partial charge on any atom is 0.416 e. The number of hydrazone groups is 1. The van der Waals surface area contributed by atoms with Crippen molar-refractivity contribution in [2.45, 2.75) is 31.9 Å². The Bertz CT molecular complexity index is 1340. The number of benzene rings is 3. The molecule has 0 radical (unpaired) electrons. The molecule has 3 aromatic rings. The van der Waals surface area contributed by atoms with E-state index in [1.54, 1.807) is 43.5 Å². The first-order valence-electron chi connectivity index (χ1n) is 11.9. The van der Waals surface area contributed by atoms with Crippen molar-refractivity contribution in [2.75, 3.05) is 18.6 Å². The van der Waals surface area contributed by atoms with Gasteiger partial charge in [-0.15, -0.1) is 0 Å². The molecule has 0 bridgehead atoms. The molecule has 1 unspecified atom stereocenters. The van der Waals surface area contributed by atoms with Gasteiger partial charge in [0.05, 0.1) is 12.7 Å². The van der Waals surface area contributed by atoms with Gasteiger partial charge < -0.3 is 9.64 Å². The number of amides is 1. The zero-order valence-corrected chi connectivity index (χ0v) is 20.8. The van der Waals surface area contributed by atoms with Crippen molar-refractivity contribution < 1.29 is 22.7 Å². The monoisotopic (exact) mass is 507 g/mol. The summed E-state index contributed by atoms with van der Waals surface area (Å²) in [6.07, 6.45) is -1.15. The van der Waals surface area contributed by atoms with Crippen molar-refractivity contribution in [1.82, 2.24) is 5.43 Å². The van der Waals surface area contributed by atoms with Crippen molar-refractivity contribution in [1.29, 1.82) is 0 Å². The number of nitrogens with one attached hydrogen (secondary N) is 1.